The molecule has 24 heavy (non-hydrogen) atoms. The van der Waals surface area contributed by atoms with Gasteiger partial charge >= 0.3 is 5.97 Å². The van der Waals surface area contributed by atoms with Crippen LogP contribution in [0.4, 0.5) is 4.39 Å². The number of cyclic esters (lactones) is 1. The lowest BCUT2D eigenvalue weighted by Gasteiger charge is -2.08. The highest BCUT2D eigenvalue weighted by molar-refractivity contribution is 6.13. The monoisotopic (exact) mass is 327 g/mol. The summed E-state index contributed by atoms with van der Waals surface area (Å²) in [6.07, 6.45) is 1.46. The highest BCUT2D eigenvalue weighted by Crippen LogP contribution is 2.28. The predicted molar refractivity (Wildman–Crippen MR) is 86.6 cm³/mol. The van der Waals surface area contributed by atoms with Crippen LogP contribution in [0.25, 0.3) is 6.08 Å². The summed E-state index contributed by atoms with van der Waals surface area (Å²) in [4.78, 5) is 16.2. The molecule has 0 fully saturated rings. The maximum Gasteiger partial charge on any atom is 0.363 e. The number of hydrogen-bond acceptors (Lipinski definition) is 5. The van der Waals surface area contributed by atoms with Gasteiger partial charge in [-0.1, -0.05) is 12.1 Å². The number of rotatable bonds is 4. The third-order valence-electron chi connectivity index (χ3n) is 3.41. The summed E-state index contributed by atoms with van der Waals surface area (Å²) in [6, 6.07) is 10.9. The Morgan fingerprint density at radius 3 is 2.67 bits per heavy atom. The molecule has 0 aliphatic carbocycles. The van der Waals surface area contributed by atoms with Crippen molar-refractivity contribution in [3.05, 3.63) is 65.1 Å². The van der Waals surface area contributed by atoms with Crippen molar-refractivity contribution < 1.29 is 23.4 Å². The van der Waals surface area contributed by atoms with Crippen molar-refractivity contribution in [2.45, 2.75) is 0 Å². The first-order valence-corrected chi connectivity index (χ1v) is 7.11. The number of nitrogens with zero attached hydrogens (tertiary/aromatic N) is 1. The van der Waals surface area contributed by atoms with Crippen molar-refractivity contribution >= 4 is 17.9 Å². The number of ether oxygens (including phenoxy) is 3. The predicted octanol–water partition coefficient (Wildman–Crippen LogP) is 3.19. The largest absolute Gasteiger partial charge is 0.497 e. The number of benzene rings is 2. The zero-order valence-corrected chi connectivity index (χ0v) is 13.1. The molecule has 0 saturated heterocycles. The lowest BCUT2D eigenvalue weighted by molar-refractivity contribution is -0.129. The average Bonchev–Trinajstić information content (AvgIpc) is 2.95. The van der Waals surface area contributed by atoms with Gasteiger partial charge in [0, 0.05) is 0 Å². The molecular weight excluding hydrogens is 313 g/mol. The quantitative estimate of drug-likeness (QED) is 0.639. The number of aliphatic imine (C=N–C) groups is 1. The Kier molecular flexibility index (Phi) is 4.29. The average molecular weight is 327 g/mol. The maximum absolute atomic E-state index is 13.3. The van der Waals surface area contributed by atoms with Crippen molar-refractivity contribution in [3.63, 3.8) is 0 Å². The van der Waals surface area contributed by atoms with E-state index in [2.05, 4.69) is 4.99 Å². The summed E-state index contributed by atoms with van der Waals surface area (Å²) in [5, 5.41) is 0. The van der Waals surface area contributed by atoms with E-state index in [1.165, 1.54) is 32.4 Å². The number of methoxy groups -OCH3 is 2. The minimum absolute atomic E-state index is 0.0838. The molecule has 0 amide bonds. The van der Waals surface area contributed by atoms with Gasteiger partial charge in [0.15, 0.2) is 5.70 Å². The van der Waals surface area contributed by atoms with E-state index in [-0.39, 0.29) is 11.6 Å². The summed E-state index contributed by atoms with van der Waals surface area (Å²) >= 11 is 0. The zero-order valence-electron chi connectivity index (χ0n) is 13.1. The Bertz CT molecular complexity index is 858. The van der Waals surface area contributed by atoms with Crippen molar-refractivity contribution in [1.29, 1.82) is 0 Å². The molecule has 0 unspecified atom stereocenters. The SMILES string of the molecule is COc1ccc(OC)c(C2=N/C(=C\c3cccc(F)c3)C(=O)O2)c1. The van der Waals surface area contributed by atoms with Crippen molar-refractivity contribution in [2.75, 3.05) is 14.2 Å². The topological polar surface area (TPSA) is 57.1 Å². The minimum atomic E-state index is -0.612. The molecule has 122 valence electrons. The Labute approximate surface area is 138 Å². The fourth-order valence-corrected chi connectivity index (χ4v) is 2.26. The molecule has 1 heterocycles. The van der Waals surface area contributed by atoms with Crippen molar-refractivity contribution in [3.8, 4) is 11.5 Å². The van der Waals surface area contributed by atoms with Crippen LogP contribution in [0.5, 0.6) is 11.5 Å². The van der Waals surface area contributed by atoms with E-state index in [1.807, 2.05) is 0 Å². The molecule has 0 atom stereocenters. The van der Waals surface area contributed by atoms with Gasteiger partial charge in [0.25, 0.3) is 0 Å². The number of carbonyl (C=O) groups excluding carboxylic acids is 1. The first-order valence-electron chi connectivity index (χ1n) is 7.11. The van der Waals surface area contributed by atoms with Crippen LogP contribution >= 0.6 is 0 Å². The normalized spacial score (nSPS) is 15.2. The lowest BCUT2D eigenvalue weighted by Crippen LogP contribution is -2.07. The fraction of sp³-hybridized carbons (Fsp3) is 0.111. The second kappa shape index (κ2) is 6.54. The van der Waals surface area contributed by atoms with Crippen molar-refractivity contribution in [1.82, 2.24) is 0 Å². The minimum Gasteiger partial charge on any atom is -0.497 e. The Morgan fingerprint density at radius 1 is 1.12 bits per heavy atom. The molecule has 0 bridgehead atoms. The van der Waals surface area contributed by atoms with Gasteiger partial charge in [-0.25, -0.2) is 14.2 Å². The number of hydrogen-bond donors (Lipinski definition) is 0. The van der Waals surface area contributed by atoms with Crippen LogP contribution in [0.2, 0.25) is 0 Å². The van der Waals surface area contributed by atoms with Crippen LogP contribution in [0, 0.1) is 5.82 Å². The van der Waals surface area contributed by atoms with Gasteiger partial charge in [-0.3, -0.25) is 0 Å². The van der Waals surface area contributed by atoms with Crippen molar-refractivity contribution in [2.24, 2.45) is 4.99 Å². The van der Waals surface area contributed by atoms with Gasteiger partial charge in [0.05, 0.1) is 19.8 Å². The van der Waals surface area contributed by atoms with Crippen LogP contribution in [0.3, 0.4) is 0 Å². The summed E-state index contributed by atoms with van der Waals surface area (Å²) in [7, 11) is 3.04. The summed E-state index contributed by atoms with van der Waals surface area (Å²) in [5.74, 6) is 0.174. The molecule has 3 rings (SSSR count). The van der Waals surface area contributed by atoms with Gasteiger partial charge in [-0.15, -0.1) is 0 Å². The first kappa shape index (κ1) is 15.7. The van der Waals surface area contributed by atoms with E-state index in [0.717, 1.165) is 0 Å². The van der Waals surface area contributed by atoms with E-state index < -0.39 is 11.8 Å². The fourth-order valence-electron chi connectivity index (χ4n) is 2.26. The van der Waals surface area contributed by atoms with E-state index in [1.54, 1.807) is 30.3 Å². The van der Waals surface area contributed by atoms with Gasteiger partial charge in [0.2, 0.25) is 5.90 Å². The molecule has 1 aliphatic heterocycles. The van der Waals surface area contributed by atoms with E-state index in [4.69, 9.17) is 14.2 Å². The van der Waals surface area contributed by atoms with Gasteiger partial charge < -0.3 is 14.2 Å². The second-order valence-corrected chi connectivity index (χ2v) is 4.96. The molecule has 2 aromatic rings. The molecule has 0 spiro atoms. The second-order valence-electron chi connectivity index (χ2n) is 4.96. The van der Waals surface area contributed by atoms with Crippen LogP contribution in [0.1, 0.15) is 11.1 Å². The third kappa shape index (κ3) is 3.12. The van der Waals surface area contributed by atoms with Crippen LogP contribution in [-0.4, -0.2) is 26.1 Å². The highest BCUT2D eigenvalue weighted by Gasteiger charge is 2.26. The first-order chi connectivity index (χ1) is 11.6. The number of esters is 1. The van der Waals surface area contributed by atoms with Gasteiger partial charge in [0.1, 0.15) is 17.3 Å². The Balaban J connectivity index is 2.00. The van der Waals surface area contributed by atoms with E-state index >= 15 is 0 Å². The smallest absolute Gasteiger partial charge is 0.363 e. The number of halogens is 1. The zero-order chi connectivity index (χ0) is 17.1. The molecule has 1 aliphatic rings. The third-order valence-corrected chi connectivity index (χ3v) is 3.41. The molecule has 0 radical (unpaired) electrons. The lowest BCUT2D eigenvalue weighted by atomic mass is 10.2. The standard InChI is InChI=1S/C18H14FNO4/c1-22-13-6-7-16(23-2)14(10-13)17-20-15(18(21)24-17)9-11-4-3-5-12(19)8-11/h3-10H,1-2H3/b15-9-. The summed E-state index contributed by atoms with van der Waals surface area (Å²) < 4.78 is 28.9. The summed E-state index contributed by atoms with van der Waals surface area (Å²) in [6.45, 7) is 0. The molecule has 0 aromatic heterocycles. The highest BCUT2D eigenvalue weighted by atomic mass is 19.1. The molecule has 0 saturated carbocycles. The Hall–Kier alpha value is -3.15. The van der Waals surface area contributed by atoms with Crippen LogP contribution in [0.15, 0.2) is 53.2 Å². The maximum atomic E-state index is 13.3. The van der Waals surface area contributed by atoms with Gasteiger partial charge in [-0.2, -0.15) is 0 Å². The van der Waals surface area contributed by atoms with E-state index in [0.29, 0.717) is 22.6 Å². The molecule has 2 aromatic carbocycles. The van der Waals surface area contributed by atoms with E-state index in [9.17, 15) is 9.18 Å². The Morgan fingerprint density at radius 2 is 1.96 bits per heavy atom. The molecule has 6 heteroatoms. The molecular formula is C18H14FNO4. The summed E-state index contributed by atoms with van der Waals surface area (Å²) in [5.41, 5.74) is 1.10. The van der Waals surface area contributed by atoms with Gasteiger partial charge in [-0.05, 0) is 42.0 Å². The number of carbonyl (C=O) groups is 1. The molecule has 5 nitrogen and oxygen atoms in total. The van der Waals surface area contributed by atoms with Crippen LogP contribution in [-0.2, 0) is 9.53 Å². The molecule has 0 N–H and O–H groups in total. The van der Waals surface area contributed by atoms with Crippen LogP contribution < -0.4 is 9.47 Å².